The van der Waals surface area contributed by atoms with E-state index >= 15 is 0 Å². The van der Waals surface area contributed by atoms with Gasteiger partial charge in [-0.1, -0.05) is 18.7 Å². The summed E-state index contributed by atoms with van der Waals surface area (Å²) in [6, 6.07) is 10.3. The molecule has 0 unspecified atom stereocenters. The van der Waals surface area contributed by atoms with Crippen molar-refractivity contribution in [2.24, 2.45) is 4.99 Å². The van der Waals surface area contributed by atoms with E-state index in [1.54, 1.807) is 43.5 Å². The Balaban J connectivity index is 2.05. The largest absolute Gasteiger partial charge is 0.497 e. The molecule has 0 saturated carbocycles. The number of benzene rings is 1. The van der Waals surface area contributed by atoms with Crippen LogP contribution in [0.2, 0.25) is 0 Å². The highest BCUT2D eigenvalue weighted by Crippen LogP contribution is 2.19. The van der Waals surface area contributed by atoms with Crippen LogP contribution in [0.3, 0.4) is 0 Å². The maximum absolute atomic E-state index is 12.1. The fourth-order valence-electron chi connectivity index (χ4n) is 2.18. The Hall–Kier alpha value is -3.48. The molecule has 0 aliphatic heterocycles. The Kier molecular flexibility index (Phi) is 7.25. The summed E-state index contributed by atoms with van der Waals surface area (Å²) >= 11 is 0. The van der Waals surface area contributed by atoms with Crippen LogP contribution in [-0.2, 0) is 11.3 Å². The SMILES string of the molecule is C=C/C=C\C(C)=NCNC(=O)Cn1nc(-c2ccc(OC)cc2)ccc1=O. The Morgan fingerprint density at radius 3 is 2.70 bits per heavy atom. The molecule has 1 heterocycles. The van der Waals surface area contributed by atoms with E-state index in [9.17, 15) is 9.59 Å². The van der Waals surface area contributed by atoms with Gasteiger partial charge in [0.25, 0.3) is 5.56 Å². The summed E-state index contributed by atoms with van der Waals surface area (Å²) in [6.45, 7) is 5.34. The van der Waals surface area contributed by atoms with Crippen molar-refractivity contribution in [1.82, 2.24) is 15.1 Å². The fourth-order valence-corrected chi connectivity index (χ4v) is 2.18. The minimum absolute atomic E-state index is 0.124. The quantitative estimate of drug-likeness (QED) is 0.573. The van der Waals surface area contributed by atoms with Crippen molar-refractivity contribution in [3.8, 4) is 17.0 Å². The van der Waals surface area contributed by atoms with Gasteiger partial charge >= 0.3 is 0 Å². The molecule has 0 aliphatic carbocycles. The number of hydrogen-bond acceptors (Lipinski definition) is 5. The van der Waals surface area contributed by atoms with Gasteiger partial charge in [-0.2, -0.15) is 5.10 Å². The van der Waals surface area contributed by atoms with Gasteiger partial charge in [0.15, 0.2) is 0 Å². The average molecular weight is 366 g/mol. The monoisotopic (exact) mass is 366 g/mol. The van der Waals surface area contributed by atoms with E-state index in [2.05, 4.69) is 22.0 Å². The van der Waals surface area contributed by atoms with Crippen molar-refractivity contribution in [2.75, 3.05) is 13.8 Å². The van der Waals surface area contributed by atoms with Gasteiger partial charge in [0.05, 0.1) is 12.8 Å². The van der Waals surface area contributed by atoms with Crippen LogP contribution < -0.4 is 15.6 Å². The number of rotatable bonds is 8. The minimum Gasteiger partial charge on any atom is -0.497 e. The van der Waals surface area contributed by atoms with Crippen LogP contribution >= 0.6 is 0 Å². The van der Waals surface area contributed by atoms with Crippen molar-refractivity contribution in [2.45, 2.75) is 13.5 Å². The number of methoxy groups -OCH3 is 1. The van der Waals surface area contributed by atoms with Gasteiger partial charge in [0.2, 0.25) is 5.91 Å². The summed E-state index contributed by atoms with van der Waals surface area (Å²) in [4.78, 5) is 28.2. The molecule has 0 radical (unpaired) electrons. The summed E-state index contributed by atoms with van der Waals surface area (Å²) in [5.74, 6) is 0.381. The molecule has 2 aromatic rings. The Labute approximate surface area is 157 Å². The molecular formula is C20H22N4O3. The van der Waals surface area contributed by atoms with Gasteiger partial charge < -0.3 is 10.1 Å². The summed E-state index contributed by atoms with van der Waals surface area (Å²) in [5, 5.41) is 6.90. The summed E-state index contributed by atoms with van der Waals surface area (Å²) in [7, 11) is 1.59. The van der Waals surface area contributed by atoms with E-state index in [4.69, 9.17) is 4.74 Å². The number of aromatic nitrogens is 2. The second-order valence-electron chi connectivity index (χ2n) is 5.60. The van der Waals surface area contributed by atoms with Crippen molar-refractivity contribution in [1.29, 1.82) is 0 Å². The van der Waals surface area contributed by atoms with Crippen molar-refractivity contribution < 1.29 is 9.53 Å². The Bertz CT molecular complexity index is 912. The molecule has 7 heteroatoms. The number of aliphatic imine (C=N–C) groups is 1. The molecule has 1 amide bonds. The second-order valence-corrected chi connectivity index (χ2v) is 5.60. The fraction of sp³-hybridized carbons (Fsp3) is 0.200. The summed E-state index contributed by atoms with van der Waals surface area (Å²) < 4.78 is 6.26. The van der Waals surface area contributed by atoms with Gasteiger partial charge in [0.1, 0.15) is 19.0 Å². The highest BCUT2D eigenvalue weighted by Gasteiger charge is 2.08. The van der Waals surface area contributed by atoms with E-state index in [1.807, 2.05) is 19.1 Å². The van der Waals surface area contributed by atoms with Gasteiger partial charge in [-0.15, -0.1) is 0 Å². The summed E-state index contributed by atoms with van der Waals surface area (Å²) in [5.41, 5.74) is 1.82. The van der Waals surface area contributed by atoms with Gasteiger partial charge in [-0.25, -0.2) is 4.68 Å². The van der Waals surface area contributed by atoms with Crippen molar-refractivity contribution in [3.63, 3.8) is 0 Å². The summed E-state index contributed by atoms with van der Waals surface area (Å²) in [6.07, 6.45) is 5.18. The van der Waals surface area contributed by atoms with Gasteiger partial charge in [-0.05, 0) is 43.3 Å². The molecule has 0 saturated heterocycles. The topological polar surface area (TPSA) is 85.6 Å². The number of ether oxygens (including phenoxy) is 1. The lowest BCUT2D eigenvalue weighted by Gasteiger charge is -2.08. The minimum atomic E-state index is -0.351. The Morgan fingerprint density at radius 2 is 2.04 bits per heavy atom. The lowest BCUT2D eigenvalue weighted by Crippen LogP contribution is -2.33. The lowest BCUT2D eigenvalue weighted by atomic mass is 10.1. The number of allylic oxidation sites excluding steroid dienone is 3. The molecule has 0 fully saturated rings. The molecule has 2 rings (SSSR count). The molecule has 0 aliphatic rings. The first-order chi connectivity index (χ1) is 13.0. The molecule has 0 bridgehead atoms. The number of carbonyl (C=O) groups is 1. The number of amides is 1. The van der Waals surface area contributed by atoms with E-state index < -0.39 is 0 Å². The van der Waals surface area contributed by atoms with Crippen molar-refractivity contribution in [3.05, 3.63) is 71.6 Å². The lowest BCUT2D eigenvalue weighted by molar-refractivity contribution is -0.121. The maximum atomic E-state index is 12.1. The molecular weight excluding hydrogens is 344 g/mol. The zero-order valence-corrected chi connectivity index (χ0v) is 15.4. The average Bonchev–Trinajstić information content (AvgIpc) is 2.68. The number of nitrogens with one attached hydrogen (secondary N) is 1. The molecule has 27 heavy (non-hydrogen) atoms. The van der Waals surface area contributed by atoms with Crippen LogP contribution in [-0.4, -0.2) is 35.2 Å². The highest BCUT2D eigenvalue weighted by atomic mass is 16.5. The smallest absolute Gasteiger partial charge is 0.267 e. The molecule has 0 spiro atoms. The van der Waals surface area contributed by atoms with Crippen LogP contribution in [0, 0.1) is 0 Å². The van der Waals surface area contributed by atoms with Gasteiger partial charge in [-0.3, -0.25) is 14.6 Å². The zero-order valence-electron chi connectivity index (χ0n) is 15.4. The van der Waals surface area contributed by atoms with Crippen LogP contribution in [0.1, 0.15) is 6.92 Å². The molecule has 140 valence electrons. The van der Waals surface area contributed by atoms with Crippen LogP contribution in [0.25, 0.3) is 11.3 Å². The normalized spacial score (nSPS) is 11.4. The third-order valence-electron chi connectivity index (χ3n) is 3.62. The van der Waals surface area contributed by atoms with Crippen molar-refractivity contribution >= 4 is 11.6 Å². The van der Waals surface area contributed by atoms with E-state index in [0.717, 1.165) is 21.7 Å². The predicted molar refractivity (Wildman–Crippen MR) is 106 cm³/mol. The standard InChI is InChI=1S/C20H22N4O3/c1-4-5-6-15(2)21-14-22-19(25)13-24-20(26)12-11-18(23-24)16-7-9-17(27-3)10-8-16/h4-12H,1,13-14H2,2-3H3,(H,22,25)/b6-5-,21-15?. The third kappa shape index (κ3) is 6.07. The number of hydrogen-bond donors (Lipinski definition) is 1. The first-order valence-corrected chi connectivity index (χ1v) is 8.33. The highest BCUT2D eigenvalue weighted by molar-refractivity contribution is 5.93. The first kappa shape index (κ1) is 19.8. The predicted octanol–water partition coefficient (Wildman–Crippen LogP) is 2.20. The maximum Gasteiger partial charge on any atom is 0.267 e. The molecule has 0 atom stereocenters. The zero-order chi connectivity index (χ0) is 19.6. The Morgan fingerprint density at radius 1 is 1.30 bits per heavy atom. The molecule has 1 aromatic carbocycles. The van der Waals surface area contributed by atoms with E-state index in [-0.39, 0.29) is 24.7 Å². The van der Waals surface area contributed by atoms with E-state index in [0.29, 0.717) is 5.69 Å². The van der Waals surface area contributed by atoms with Crippen LogP contribution in [0.5, 0.6) is 5.75 Å². The second kappa shape index (κ2) is 9.86. The number of nitrogens with zero attached hydrogens (tertiary/aromatic N) is 3. The molecule has 7 nitrogen and oxygen atoms in total. The number of carbonyl (C=O) groups excluding carboxylic acids is 1. The molecule has 1 aromatic heterocycles. The van der Waals surface area contributed by atoms with E-state index in [1.165, 1.54) is 6.07 Å². The van der Waals surface area contributed by atoms with Gasteiger partial charge in [0, 0.05) is 17.3 Å². The van der Waals surface area contributed by atoms with Crippen LogP contribution in [0.15, 0.2) is 71.0 Å². The third-order valence-corrected chi connectivity index (χ3v) is 3.62. The molecule has 1 N–H and O–H groups in total. The van der Waals surface area contributed by atoms with Crippen LogP contribution in [0.4, 0.5) is 0 Å². The first-order valence-electron chi connectivity index (χ1n) is 8.33.